The number of amides is 1. The first-order chi connectivity index (χ1) is 15.1. The fourth-order valence-electron chi connectivity index (χ4n) is 3.47. The van der Waals surface area contributed by atoms with E-state index in [0.29, 0.717) is 11.7 Å². The Bertz CT molecular complexity index is 1110. The van der Waals surface area contributed by atoms with Gasteiger partial charge in [-0.3, -0.25) is 14.2 Å². The van der Waals surface area contributed by atoms with Crippen molar-refractivity contribution in [3.8, 4) is 0 Å². The summed E-state index contributed by atoms with van der Waals surface area (Å²) in [6, 6.07) is 18.0. The van der Waals surface area contributed by atoms with Gasteiger partial charge in [-0.15, -0.1) is 11.8 Å². The highest BCUT2D eigenvalue weighted by Gasteiger charge is 2.22. The van der Waals surface area contributed by atoms with Crippen molar-refractivity contribution in [2.45, 2.75) is 42.8 Å². The van der Waals surface area contributed by atoms with Crippen molar-refractivity contribution in [2.75, 3.05) is 16.8 Å². The third-order valence-corrected chi connectivity index (χ3v) is 7.28. The zero-order valence-corrected chi connectivity index (χ0v) is 19.1. The van der Waals surface area contributed by atoms with Crippen molar-refractivity contribution in [3.05, 3.63) is 81.8 Å². The maximum Gasteiger partial charge on any atom is 0.268 e. The van der Waals surface area contributed by atoms with Crippen LogP contribution in [0.25, 0.3) is 0 Å². The smallest absolute Gasteiger partial charge is 0.268 e. The molecule has 0 atom stereocenters. The van der Waals surface area contributed by atoms with Gasteiger partial charge in [0.1, 0.15) is 0 Å². The number of carbonyl (C=O) groups is 1. The number of aryl methyl sites for hydroxylation is 3. The van der Waals surface area contributed by atoms with Gasteiger partial charge in [0.05, 0.1) is 16.3 Å². The van der Waals surface area contributed by atoms with Gasteiger partial charge in [0, 0.05) is 24.4 Å². The Morgan fingerprint density at radius 1 is 1.13 bits per heavy atom. The fourth-order valence-corrected chi connectivity index (χ4v) is 5.35. The van der Waals surface area contributed by atoms with E-state index in [1.165, 1.54) is 22.9 Å². The van der Waals surface area contributed by atoms with Gasteiger partial charge in [-0.25, -0.2) is 4.98 Å². The summed E-state index contributed by atoms with van der Waals surface area (Å²) in [5.74, 6) is 0.991. The summed E-state index contributed by atoms with van der Waals surface area (Å²) in [6.07, 6.45) is 2.51. The SMILES string of the molecule is CCc1ccc(NC(=O)CSc2nc3c(c(=O)n2CCc2ccccc2)SCC3)cc1. The second-order valence-corrected chi connectivity index (χ2v) is 9.40. The van der Waals surface area contributed by atoms with Crippen molar-refractivity contribution in [3.63, 3.8) is 0 Å². The molecule has 1 amide bonds. The van der Waals surface area contributed by atoms with Gasteiger partial charge in [-0.1, -0.05) is 61.2 Å². The third-order valence-electron chi connectivity index (χ3n) is 5.19. The quantitative estimate of drug-likeness (QED) is 0.406. The average Bonchev–Trinajstić information content (AvgIpc) is 3.27. The van der Waals surface area contributed by atoms with Crippen LogP contribution in [0.1, 0.15) is 23.7 Å². The molecule has 31 heavy (non-hydrogen) atoms. The molecule has 0 fully saturated rings. The molecular formula is C24H25N3O2S2. The van der Waals surface area contributed by atoms with Crippen LogP contribution in [-0.2, 0) is 30.6 Å². The predicted octanol–water partition coefficient (Wildman–Crippen LogP) is 4.43. The van der Waals surface area contributed by atoms with Crippen LogP contribution in [-0.4, -0.2) is 27.0 Å². The number of benzene rings is 2. The Balaban J connectivity index is 1.47. The molecular weight excluding hydrogens is 426 g/mol. The Morgan fingerprint density at radius 3 is 2.65 bits per heavy atom. The molecule has 7 heteroatoms. The highest BCUT2D eigenvalue weighted by molar-refractivity contribution is 8.00. The molecule has 0 saturated heterocycles. The van der Waals surface area contributed by atoms with E-state index in [9.17, 15) is 9.59 Å². The fraction of sp³-hybridized carbons (Fsp3) is 0.292. The van der Waals surface area contributed by atoms with E-state index >= 15 is 0 Å². The standard InChI is InChI=1S/C24H25N3O2S2/c1-2-17-8-10-19(11-9-17)25-21(28)16-31-24-26-20-13-15-30-22(20)23(29)27(24)14-12-18-6-4-3-5-7-18/h3-11H,2,12-16H2,1H3,(H,25,28). The number of rotatable bonds is 8. The normalized spacial score (nSPS) is 12.5. The largest absolute Gasteiger partial charge is 0.325 e. The summed E-state index contributed by atoms with van der Waals surface area (Å²) >= 11 is 2.91. The predicted molar refractivity (Wildman–Crippen MR) is 128 cm³/mol. The molecule has 0 unspecified atom stereocenters. The molecule has 5 nitrogen and oxygen atoms in total. The summed E-state index contributed by atoms with van der Waals surface area (Å²) in [4.78, 5) is 31.1. The number of aromatic nitrogens is 2. The van der Waals surface area contributed by atoms with E-state index in [2.05, 4.69) is 24.4 Å². The molecule has 2 heterocycles. The molecule has 4 rings (SSSR count). The van der Waals surface area contributed by atoms with E-state index in [0.717, 1.165) is 41.3 Å². The lowest BCUT2D eigenvalue weighted by Crippen LogP contribution is -2.27. The van der Waals surface area contributed by atoms with Gasteiger partial charge in [-0.05, 0) is 36.1 Å². The van der Waals surface area contributed by atoms with Gasteiger partial charge < -0.3 is 5.32 Å². The molecule has 0 bridgehead atoms. The van der Waals surface area contributed by atoms with Crippen molar-refractivity contribution in [2.24, 2.45) is 0 Å². The maximum absolute atomic E-state index is 13.1. The highest BCUT2D eigenvalue weighted by Crippen LogP contribution is 2.29. The van der Waals surface area contributed by atoms with E-state index < -0.39 is 0 Å². The summed E-state index contributed by atoms with van der Waals surface area (Å²) in [6.45, 7) is 2.65. The van der Waals surface area contributed by atoms with Crippen LogP contribution in [0.3, 0.4) is 0 Å². The molecule has 0 spiro atoms. The van der Waals surface area contributed by atoms with Crippen molar-refractivity contribution in [1.82, 2.24) is 9.55 Å². The summed E-state index contributed by atoms with van der Waals surface area (Å²) in [7, 11) is 0. The maximum atomic E-state index is 13.1. The topological polar surface area (TPSA) is 64.0 Å². The number of hydrogen-bond acceptors (Lipinski definition) is 5. The minimum absolute atomic E-state index is 0.0153. The van der Waals surface area contributed by atoms with Crippen molar-refractivity contribution in [1.29, 1.82) is 0 Å². The number of fused-ring (bicyclic) bond motifs is 1. The van der Waals surface area contributed by atoms with Crippen LogP contribution < -0.4 is 10.9 Å². The van der Waals surface area contributed by atoms with Crippen LogP contribution in [0.5, 0.6) is 0 Å². The van der Waals surface area contributed by atoms with Crippen LogP contribution in [0.2, 0.25) is 0 Å². The Hall–Kier alpha value is -2.51. The number of nitrogens with zero attached hydrogens (tertiary/aromatic N) is 2. The van der Waals surface area contributed by atoms with E-state index in [-0.39, 0.29) is 17.2 Å². The van der Waals surface area contributed by atoms with Gasteiger partial charge in [0.25, 0.3) is 5.56 Å². The molecule has 2 aromatic carbocycles. The molecule has 0 radical (unpaired) electrons. The van der Waals surface area contributed by atoms with E-state index in [1.807, 2.05) is 42.5 Å². The molecule has 0 saturated carbocycles. The number of anilines is 1. The lowest BCUT2D eigenvalue weighted by molar-refractivity contribution is -0.113. The first kappa shape index (κ1) is 21.7. The molecule has 1 aliphatic heterocycles. The Kier molecular flexibility index (Phi) is 7.14. The van der Waals surface area contributed by atoms with Gasteiger partial charge in [-0.2, -0.15) is 0 Å². The van der Waals surface area contributed by atoms with Crippen LogP contribution in [0, 0.1) is 0 Å². The number of carbonyl (C=O) groups excluding carboxylic acids is 1. The molecule has 1 aromatic heterocycles. The first-order valence-electron chi connectivity index (χ1n) is 10.5. The molecule has 1 aliphatic rings. The summed E-state index contributed by atoms with van der Waals surface area (Å²) in [5, 5.41) is 3.55. The Labute approximate surface area is 190 Å². The van der Waals surface area contributed by atoms with Crippen LogP contribution in [0.15, 0.2) is 69.4 Å². The zero-order chi connectivity index (χ0) is 21.6. The van der Waals surface area contributed by atoms with Crippen molar-refractivity contribution < 1.29 is 4.79 Å². The van der Waals surface area contributed by atoms with Crippen molar-refractivity contribution >= 4 is 35.1 Å². The summed E-state index contributed by atoms with van der Waals surface area (Å²) < 4.78 is 1.73. The van der Waals surface area contributed by atoms with E-state index in [1.54, 1.807) is 16.3 Å². The van der Waals surface area contributed by atoms with Gasteiger partial charge in [0.15, 0.2) is 5.16 Å². The highest BCUT2D eigenvalue weighted by atomic mass is 32.2. The van der Waals surface area contributed by atoms with Gasteiger partial charge in [0.2, 0.25) is 5.91 Å². The lowest BCUT2D eigenvalue weighted by Gasteiger charge is -2.14. The number of hydrogen-bond donors (Lipinski definition) is 1. The second kappa shape index (κ2) is 10.2. The van der Waals surface area contributed by atoms with Gasteiger partial charge >= 0.3 is 0 Å². The zero-order valence-electron chi connectivity index (χ0n) is 17.5. The third kappa shape index (κ3) is 5.40. The first-order valence-corrected chi connectivity index (χ1v) is 12.4. The number of nitrogens with one attached hydrogen (secondary N) is 1. The minimum atomic E-state index is -0.104. The molecule has 3 aromatic rings. The molecule has 1 N–H and O–H groups in total. The average molecular weight is 452 g/mol. The lowest BCUT2D eigenvalue weighted by atomic mass is 10.1. The second-order valence-electron chi connectivity index (χ2n) is 7.35. The Morgan fingerprint density at radius 2 is 1.90 bits per heavy atom. The number of thioether (sulfide) groups is 2. The molecule has 0 aliphatic carbocycles. The minimum Gasteiger partial charge on any atom is -0.325 e. The van der Waals surface area contributed by atoms with Crippen LogP contribution >= 0.6 is 23.5 Å². The summed E-state index contributed by atoms with van der Waals surface area (Å²) in [5.41, 5.74) is 4.06. The van der Waals surface area contributed by atoms with E-state index in [4.69, 9.17) is 4.98 Å². The molecule has 160 valence electrons. The monoisotopic (exact) mass is 451 g/mol. The van der Waals surface area contributed by atoms with Crippen LogP contribution in [0.4, 0.5) is 5.69 Å².